The van der Waals surface area contributed by atoms with E-state index >= 15 is 0 Å². The summed E-state index contributed by atoms with van der Waals surface area (Å²) >= 11 is 0. The maximum atomic E-state index is 6.51. The molecule has 0 unspecified atom stereocenters. The number of hydrogen-bond acceptors (Lipinski definition) is 2. The van der Waals surface area contributed by atoms with Crippen LogP contribution in [-0.2, 0) is 0 Å². The average Bonchev–Trinajstić information content (AvgIpc) is 3.67. The van der Waals surface area contributed by atoms with Crippen LogP contribution in [0.15, 0.2) is 229 Å². The third-order valence-electron chi connectivity index (χ3n) is 10.7. The van der Waals surface area contributed by atoms with Crippen molar-refractivity contribution < 1.29 is 4.42 Å². The molecule has 0 saturated heterocycles. The van der Waals surface area contributed by atoms with Crippen LogP contribution in [0.3, 0.4) is 0 Å². The van der Waals surface area contributed by atoms with Crippen molar-refractivity contribution in [2.75, 3.05) is 4.90 Å². The molecule has 0 spiro atoms. The van der Waals surface area contributed by atoms with Crippen LogP contribution >= 0.6 is 0 Å². The first-order valence-electron chi connectivity index (χ1n) is 19.1. The molecule has 10 rings (SSSR count). The molecule has 0 saturated carbocycles. The van der Waals surface area contributed by atoms with Gasteiger partial charge >= 0.3 is 0 Å². The zero-order valence-electron chi connectivity index (χ0n) is 30.7. The molecule has 0 aliphatic heterocycles. The van der Waals surface area contributed by atoms with Crippen LogP contribution in [0.5, 0.6) is 0 Å². The maximum Gasteiger partial charge on any atom is 0.137 e. The van der Waals surface area contributed by atoms with E-state index in [9.17, 15) is 0 Å². The molecule has 0 bridgehead atoms. The third-order valence-corrected chi connectivity index (χ3v) is 10.7. The zero-order valence-corrected chi connectivity index (χ0v) is 30.7. The summed E-state index contributed by atoms with van der Waals surface area (Å²) in [6.07, 6.45) is 0. The summed E-state index contributed by atoms with van der Waals surface area (Å²) in [7, 11) is 0. The van der Waals surface area contributed by atoms with Crippen LogP contribution in [0, 0.1) is 0 Å². The Hall–Kier alpha value is -7.42. The van der Waals surface area contributed by atoms with Gasteiger partial charge in [-0.1, -0.05) is 182 Å². The van der Waals surface area contributed by atoms with Gasteiger partial charge in [0.2, 0.25) is 0 Å². The van der Waals surface area contributed by atoms with E-state index in [0.717, 1.165) is 61.3 Å². The minimum absolute atomic E-state index is 0.854. The summed E-state index contributed by atoms with van der Waals surface area (Å²) in [6, 6.07) is 80.2. The first-order chi connectivity index (χ1) is 27.8. The van der Waals surface area contributed by atoms with Gasteiger partial charge in [0, 0.05) is 16.6 Å². The monoisotopic (exact) mass is 715 g/mol. The van der Waals surface area contributed by atoms with E-state index in [1.807, 2.05) is 6.07 Å². The molecule has 56 heavy (non-hydrogen) atoms. The Balaban J connectivity index is 1.28. The SMILES string of the molecule is c1ccc(-c2ccc(N(c3cccc(-c4cccc(-c5ccccc5)c4)c3-c3ccccc3-c3ccccc3)c3cccc4oc5ccccc5c34)cc2)cc1. The van der Waals surface area contributed by atoms with Crippen LogP contribution in [0.1, 0.15) is 0 Å². The Bertz CT molecular complexity index is 2950. The minimum atomic E-state index is 0.854. The molecule has 264 valence electrons. The molecule has 0 fully saturated rings. The highest BCUT2D eigenvalue weighted by Crippen LogP contribution is 2.50. The predicted octanol–water partition coefficient (Wildman–Crippen LogP) is 15.4. The summed E-state index contributed by atoms with van der Waals surface area (Å²) in [5.41, 5.74) is 16.6. The van der Waals surface area contributed by atoms with Crippen molar-refractivity contribution in [3.63, 3.8) is 0 Å². The molecule has 1 heterocycles. The van der Waals surface area contributed by atoms with Gasteiger partial charge in [-0.15, -0.1) is 0 Å². The standard InChI is InChI=1S/C54H37NO/c1-4-17-38(18-5-1)40-33-35-44(36-34-40)55(50-30-16-32-52-54(50)48-27-12-13-31-51(48)56-52)49-29-15-28-46(43-24-14-23-42(37-43)39-19-6-2-7-20-39)53(49)47-26-11-10-25-45(47)41-21-8-3-9-22-41/h1-37H. The Labute approximate surface area is 327 Å². The van der Waals surface area contributed by atoms with Crippen molar-refractivity contribution in [3.8, 4) is 55.6 Å². The second-order valence-electron chi connectivity index (χ2n) is 14.1. The molecular weight excluding hydrogens is 679 g/mol. The predicted molar refractivity (Wildman–Crippen MR) is 236 cm³/mol. The Morgan fingerprint density at radius 1 is 0.304 bits per heavy atom. The molecule has 10 aromatic rings. The van der Waals surface area contributed by atoms with E-state index < -0.39 is 0 Å². The van der Waals surface area contributed by atoms with Crippen molar-refractivity contribution in [2.45, 2.75) is 0 Å². The molecular formula is C54H37NO. The fraction of sp³-hybridized carbons (Fsp3) is 0. The number of benzene rings is 9. The number of anilines is 3. The molecule has 0 aliphatic carbocycles. The fourth-order valence-corrected chi connectivity index (χ4v) is 8.10. The normalized spacial score (nSPS) is 11.2. The van der Waals surface area contributed by atoms with Crippen molar-refractivity contribution >= 4 is 39.0 Å². The Morgan fingerprint density at radius 2 is 0.804 bits per heavy atom. The van der Waals surface area contributed by atoms with Gasteiger partial charge < -0.3 is 9.32 Å². The van der Waals surface area contributed by atoms with Gasteiger partial charge in [0.25, 0.3) is 0 Å². The molecule has 2 heteroatoms. The van der Waals surface area contributed by atoms with Crippen molar-refractivity contribution in [3.05, 3.63) is 224 Å². The molecule has 0 atom stereocenters. The molecule has 9 aromatic carbocycles. The van der Waals surface area contributed by atoms with Gasteiger partial charge in [0.15, 0.2) is 0 Å². The average molecular weight is 716 g/mol. The van der Waals surface area contributed by atoms with Crippen molar-refractivity contribution in [1.82, 2.24) is 0 Å². The van der Waals surface area contributed by atoms with Gasteiger partial charge in [0.05, 0.1) is 16.8 Å². The van der Waals surface area contributed by atoms with E-state index in [-0.39, 0.29) is 0 Å². The smallest absolute Gasteiger partial charge is 0.137 e. The summed E-state index contributed by atoms with van der Waals surface area (Å²) < 4.78 is 6.51. The van der Waals surface area contributed by atoms with Crippen molar-refractivity contribution in [2.24, 2.45) is 0 Å². The molecule has 2 nitrogen and oxygen atoms in total. The first kappa shape index (κ1) is 33.2. The lowest BCUT2D eigenvalue weighted by molar-refractivity contribution is 0.669. The lowest BCUT2D eigenvalue weighted by atomic mass is 9.87. The number of hydrogen-bond donors (Lipinski definition) is 0. The highest BCUT2D eigenvalue weighted by molar-refractivity contribution is 6.14. The third kappa shape index (κ3) is 6.04. The Morgan fingerprint density at radius 3 is 1.55 bits per heavy atom. The highest BCUT2D eigenvalue weighted by Gasteiger charge is 2.25. The fourth-order valence-electron chi connectivity index (χ4n) is 8.10. The van der Waals surface area contributed by atoms with E-state index in [4.69, 9.17) is 4.42 Å². The highest BCUT2D eigenvalue weighted by atomic mass is 16.3. The lowest BCUT2D eigenvalue weighted by Crippen LogP contribution is -2.12. The first-order valence-corrected chi connectivity index (χ1v) is 19.1. The molecule has 0 radical (unpaired) electrons. The lowest BCUT2D eigenvalue weighted by Gasteiger charge is -2.30. The minimum Gasteiger partial charge on any atom is -0.456 e. The second kappa shape index (κ2) is 14.4. The molecule has 0 aliphatic rings. The Kier molecular flexibility index (Phi) is 8.55. The van der Waals surface area contributed by atoms with Gasteiger partial charge in [-0.2, -0.15) is 0 Å². The molecule has 1 aromatic heterocycles. The number of para-hydroxylation sites is 1. The number of rotatable bonds is 8. The van der Waals surface area contributed by atoms with E-state index in [2.05, 4.69) is 223 Å². The quantitative estimate of drug-likeness (QED) is 0.156. The zero-order chi connectivity index (χ0) is 37.3. The summed E-state index contributed by atoms with van der Waals surface area (Å²) in [4.78, 5) is 2.43. The maximum absolute atomic E-state index is 6.51. The van der Waals surface area contributed by atoms with Crippen LogP contribution in [0.2, 0.25) is 0 Å². The van der Waals surface area contributed by atoms with Crippen LogP contribution in [0.4, 0.5) is 17.1 Å². The molecule has 0 N–H and O–H groups in total. The summed E-state index contributed by atoms with van der Waals surface area (Å²) in [5, 5.41) is 2.16. The largest absolute Gasteiger partial charge is 0.456 e. The van der Waals surface area contributed by atoms with Gasteiger partial charge in [-0.05, 0) is 92.5 Å². The van der Waals surface area contributed by atoms with E-state index in [1.54, 1.807) is 0 Å². The van der Waals surface area contributed by atoms with Crippen LogP contribution in [-0.4, -0.2) is 0 Å². The van der Waals surface area contributed by atoms with Gasteiger partial charge in [0.1, 0.15) is 11.2 Å². The topological polar surface area (TPSA) is 16.4 Å². The number of nitrogens with zero attached hydrogens (tertiary/aromatic N) is 1. The van der Waals surface area contributed by atoms with Gasteiger partial charge in [-0.3, -0.25) is 0 Å². The van der Waals surface area contributed by atoms with E-state index in [1.165, 1.54) is 33.4 Å². The van der Waals surface area contributed by atoms with E-state index in [0.29, 0.717) is 0 Å². The van der Waals surface area contributed by atoms with Crippen molar-refractivity contribution in [1.29, 1.82) is 0 Å². The van der Waals surface area contributed by atoms with Crippen LogP contribution in [0.25, 0.3) is 77.6 Å². The van der Waals surface area contributed by atoms with Gasteiger partial charge in [-0.25, -0.2) is 0 Å². The molecule has 0 amide bonds. The number of furan rings is 1. The summed E-state index contributed by atoms with van der Waals surface area (Å²) in [5.74, 6) is 0. The number of fused-ring (bicyclic) bond motifs is 3. The second-order valence-corrected chi connectivity index (χ2v) is 14.1. The van der Waals surface area contributed by atoms with Crippen LogP contribution < -0.4 is 4.90 Å². The summed E-state index contributed by atoms with van der Waals surface area (Å²) in [6.45, 7) is 0.